The first kappa shape index (κ1) is 19.7. The van der Waals surface area contributed by atoms with E-state index in [2.05, 4.69) is 28.5 Å². The normalized spacial score (nSPS) is 11.3. The lowest BCUT2D eigenvalue weighted by Gasteiger charge is -2.07. The number of aromatic nitrogens is 1. The van der Waals surface area contributed by atoms with E-state index in [4.69, 9.17) is 23.2 Å². The molecule has 0 bridgehead atoms. The predicted molar refractivity (Wildman–Crippen MR) is 114 cm³/mol. The number of pyridine rings is 1. The Balaban J connectivity index is 1.60. The van der Waals surface area contributed by atoms with Gasteiger partial charge in [0.05, 0.1) is 27.5 Å². The van der Waals surface area contributed by atoms with Gasteiger partial charge in [0.1, 0.15) is 0 Å². The fourth-order valence-electron chi connectivity index (χ4n) is 2.50. The molecule has 0 fully saturated rings. The summed E-state index contributed by atoms with van der Waals surface area (Å²) in [6, 6.07) is 13.2. The maximum absolute atomic E-state index is 12.0. The van der Waals surface area contributed by atoms with Crippen molar-refractivity contribution < 1.29 is 4.79 Å². The molecule has 7 heteroatoms. The smallest absolute Gasteiger partial charge is 0.250 e. The van der Waals surface area contributed by atoms with Gasteiger partial charge in [0.25, 0.3) is 0 Å². The van der Waals surface area contributed by atoms with Crippen LogP contribution in [0.5, 0.6) is 0 Å². The Bertz CT molecular complexity index is 1040. The second-order valence-corrected chi connectivity index (χ2v) is 7.88. The maximum atomic E-state index is 12.0. The Morgan fingerprint density at radius 1 is 1.19 bits per heavy atom. The van der Waals surface area contributed by atoms with Gasteiger partial charge >= 0.3 is 0 Å². The third-order valence-electron chi connectivity index (χ3n) is 3.85. The first-order valence-electron chi connectivity index (χ1n) is 8.20. The van der Waals surface area contributed by atoms with Gasteiger partial charge in [-0.3, -0.25) is 4.79 Å². The third kappa shape index (κ3) is 5.22. The van der Waals surface area contributed by atoms with Gasteiger partial charge in [-0.05, 0) is 49.7 Å². The minimum atomic E-state index is -0.218. The van der Waals surface area contributed by atoms with Gasteiger partial charge in [-0.25, -0.2) is 10.4 Å². The largest absolute Gasteiger partial charge is 0.272 e. The molecule has 0 saturated carbocycles. The Morgan fingerprint density at radius 2 is 2.00 bits per heavy atom. The minimum Gasteiger partial charge on any atom is -0.272 e. The summed E-state index contributed by atoms with van der Waals surface area (Å²) in [7, 11) is 0. The molecule has 4 nitrogen and oxygen atoms in total. The number of nitrogens with one attached hydrogen (secondary N) is 1. The summed E-state index contributed by atoms with van der Waals surface area (Å²) in [4.78, 5) is 16.6. The summed E-state index contributed by atoms with van der Waals surface area (Å²) in [6.45, 7) is 4.11. The molecule has 0 spiro atoms. The highest BCUT2D eigenvalue weighted by atomic mass is 35.5. The van der Waals surface area contributed by atoms with E-state index in [9.17, 15) is 4.79 Å². The van der Waals surface area contributed by atoms with Gasteiger partial charge < -0.3 is 0 Å². The van der Waals surface area contributed by atoms with Crippen molar-refractivity contribution in [2.24, 2.45) is 5.10 Å². The number of fused-ring (bicyclic) bond motifs is 1. The number of amides is 1. The van der Waals surface area contributed by atoms with Crippen molar-refractivity contribution in [3.63, 3.8) is 0 Å². The standard InChI is InChI=1S/C20H17Cl2N3OS/c1-12-3-6-18-16(7-12)13(2)8-20(24-18)27-11-19(26)25-23-10-14-4-5-15(21)9-17(14)22/h3-10H,11H2,1-2H3,(H,25,26)/b23-10+. The highest BCUT2D eigenvalue weighted by Gasteiger charge is 2.07. The van der Waals surface area contributed by atoms with E-state index < -0.39 is 0 Å². The molecule has 3 rings (SSSR count). The fraction of sp³-hybridized carbons (Fsp3) is 0.150. The van der Waals surface area contributed by atoms with E-state index in [1.807, 2.05) is 25.1 Å². The van der Waals surface area contributed by atoms with Gasteiger partial charge in [0, 0.05) is 16.0 Å². The molecule has 2 aromatic carbocycles. The van der Waals surface area contributed by atoms with Gasteiger partial charge in [0.2, 0.25) is 5.91 Å². The van der Waals surface area contributed by atoms with Crippen LogP contribution in [0.25, 0.3) is 10.9 Å². The molecule has 1 heterocycles. The number of thioether (sulfide) groups is 1. The first-order chi connectivity index (χ1) is 12.9. The topological polar surface area (TPSA) is 54.4 Å². The van der Waals surface area contributed by atoms with Crippen molar-refractivity contribution >= 4 is 58.0 Å². The zero-order valence-corrected chi connectivity index (χ0v) is 17.1. The van der Waals surface area contributed by atoms with Crippen molar-refractivity contribution in [2.75, 3.05) is 5.75 Å². The molecule has 27 heavy (non-hydrogen) atoms. The number of halogens is 2. The Labute approximate surface area is 172 Å². The van der Waals surface area contributed by atoms with E-state index in [1.165, 1.54) is 23.5 Å². The van der Waals surface area contributed by atoms with Crippen LogP contribution in [-0.2, 0) is 4.79 Å². The fourth-order valence-corrected chi connectivity index (χ4v) is 3.73. The highest BCUT2D eigenvalue weighted by Crippen LogP contribution is 2.24. The number of hydrogen-bond acceptors (Lipinski definition) is 4. The van der Waals surface area contributed by atoms with Crippen LogP contribution in [0, 0.1) is 13.8 Å². The first-order valence-corrected chi connectivity index (χ1v) is 9.94. The van der Waals surface area contributed by atoms with Crippen LogP contribution in [0.15, 0.2) is 52.6 Å². The Kier molecular flexibility index (Phi) is 6.37. The molecule has 1 N–H and O–H groups in total. The molecule has 0 saturated heterocycles. The summed E-state index contributed by atoms with van der Waals surface area (Å²) in [5.74, 6) is -0.0000291. The van der Waals surface area contributed by atoms with E-state index in [1.54, 1.807) is 18.2 Å². The molecule has 0 radical (unpaired) electrons. The van der Waals surface area contributed by atoms with Crippen LogP contribution < -0.4 is 5.43 Å². The number of carbonyl (C=O) groups is 1. The molecule has 0 atom stereocenters. The quantitative estimate of drug-likeness (QED) is 0.343. The van der Waals surface area contributed by atoms with E-state index >= 15 is 0 Å². The van der Waals surface area contributed by atoms with Gasteiger partial charge in [-0.15, -0.1) is 0 Å². The maximum Gasteiger partial charge on any atom is 0.250 e. The summed E-state index contributed by atoms with van der Waals surface area (Å²) in [6.07, 6.45) is 1.49. The average Bonchev–Trinajstić information content (AvgIpc) is 2.62. The Morgan fingerprint density at radius 3 is 2.78 bits per heavy atom. The van der Waals surface area contributed by atoms with E-state index in [0.717, 1.165) is 21.5 Å². The van der Waals surface area contributed by atoms with Crippen LogP contribution in [0.3, 0.4) is 0 Å². The number of nitrogens with zero attached hydrogens (tertiary/aromatic N) is 2. The second kappa shape index (κ2) is 8.74. The number of benzene rings is 2. The molecular weight excluding hydrogens is 401 g/mol. The van der Waals surface area contributed by atoms with Gasteiger partial charge in [-0.1, -0.05) is 52.7 Å². The van der Waals surface area contributed by atoms with Crippen LogP contribution in [-0.4, -0.2) is 22.9 Å². The molecule has 1 amide bonds. The van der Waals surface area contributed by atoms with Crippen molar-refractivity contribution in [1.29, 1.82) is 0 Å². The lowest BCUT2D eigenvalue weighted by Crippen LogP contribution is -2.19. The van der Waals surface area contributed by atoms with Crippen molar-refractivity contribution in [2.45, 2.75) is 18.9 Å². The second-order valence-electron chi connectivity index (χ2n) is 6.05. The average molecular weight is 418 g/mol. The number of hydrogen-bond donors (Lipinski definition) is 1. The van der Waals surface area contributed by atoms with Crippen molar-refractivity contribution in [3.05, 3.63) is 69.2 Å². The molecule has 138 valence electrons. The zero-order chi connectivity index (χ0) is 19.4. The lowest BCUT2D eigenvalue weighted by atomic mass is 10.1. The van der Waals surface area contributed by atoms with Crippen molar-refractivity contribution in [3.8, 4) is 0 Å². The van der Waals surface area contributed by atoms with Crippen LogP contribution in [0.2, 0.25) is 10.0 Å². The molecule has 0 aliphatic rings. The highest BCUT2D eigenvalue weighted by molar-refractivity contribution is 7.99. The summed E-state index contributed by atoms with van der Waals surface area (Å²) in [5, 5.41) is 6.90. The molecule has 0 aliphatic carbocycles. The van der Waals surface area contributed by atoms with Crippen LogP contribution in [0.4, 0.5) is 0 Å². The number of aryl methyl sites for hydroxylation is 2. The predicted octanol–water partition coefficient (Wildman–Crippen LogP) is 5.40. The van der Waals surface area contributed by atoms with Crippen LogP contribution in [0.1, 0.15) is 16.7 Å². The summed E-state index contributed by atoms with van der Waals surface area (Å²) < 4.78 is 0. The summed E-state index contributed by atoms with van der Waals surface area (Å²) in [5.41, 5.74) is 6.44. The molecule has 3 aromatic rings. The molecule has 0 aliphatic heterocycles. The Hall–Kier alpha value is -2.08. The SMILES string of the molecule is Cc1ccc2nc(SCC(=O)N/N=C/c3ccc(Cl)cc3Cl)cc(C)c2c1. The van der Waals surface area contributed by atoms with E-state index in [-0.39, 0.29) is 11.7 Å². The minimum absolute atomic E-state index is 0.218. The summed E-state index contributed by atoms with van der Waals surface area (Å²) >= 11 is 13.3. The lowest BCUT2D eigenvalue weighted by molar-refractivity contribution is -0.118. The third-order valence-corrected chi connectivity index (χ3v) is 5.33. The van der Waals surface area contributed by atoms with Gasteiger partial charge in [-0.2, -0.15) is 5.10 Å². The monoisotopic (exact) mass is 417 g/mol. The van der Waals surface area contributed by atoms with Crippen molar-refractivity contribution in [1.82, 2.24) is 10.4 Å². The van der Waals surface area contributed by atoms with Crippen LogP contribution >= 0.6 is 35.0 Å². The molecular formula is C20H17Cl2N3OS. The zero-order valence-electron chi connectivity index (χ0n) is 14.8. The molecule has 1 aromatic heterocycles. The van der Waals surface area contributed by atoms with Gasteiger partial charge in [0.15, 0.2) is 0 Å². The number of carbonyl (C=O) groups excluding carboxylic acids is 1. The number of hydrazone groups is 1. The molecule has 0 unspecified atom stereocenters. The number of rotatable bonds is 5. The van der Waals surface area contributed by atoms with E-state index in [0.29, 0.717) is 15.6 Å².